The lowest BCUT2D eigenvalue weighted by molar-refractivity contribution is 0.209. The first-order valence-electron chi connectivity index (χ1n) is 7.36. The van der Waals surface area contributed by atoms with Gasteiger partial charge in [0.05, 0.1) is 5.69 Å². The lowest BCUT2D eigenvalue weighted by Crippen LogP contribution is -2.08. The van der Waals surface area contributed by atoms with Crippen LogP contribution in [0, 0.1) is 6.92 Å². The van der Waals surface area contributed by atoms with E-state index < -0.39 is 0 Å². The highest BCUT2D eigenvalue weighted by Crippen LogP contribution is 2.26. The average Bonchev–Trinajstić information content (AvgIpc) is 2.91. The summed E-state index contributed by atoms with van der Waals surface area (Å²) in [4.78, 5) is 8.61. The van der Waals surface area contributed by atoms with Crippen molar-refractivity contribution in [1.82, 2.24) is 14.4 Å². The maximum atomic E-state index is 6.11. The van der Waals surface area contributed by atoms with E-state index in [0.717, 1.165) is 17.0 Å². The molecule has 3 aromatic rings. The Labute approximate surface area is 135 Å². The van der Waals surface area contributed by atoms with Gasteiger partial charge in [-0.05, 0) is 26.0 Å². The van der Waals surface area contributed by atoms with Crippen molar-refractivity contribution in [1.29, 1.82) is 0 Å². The first-order chi connectivity index (χ1) is 10.6. The van der Waals surface area contributed by atoms with Gasteiger partial charge in [0.1, 0.15) is 11.8 Å². The van der Waals surface area contributed by atoms with E-state index in [-0.39, 0.29) is 6.10 Å². The highest BCUT2D eigenvalue weighted by Gasteiger charge is 2.13. The van der Waals surface area contributed by atoms with Crippen LogP contribution >= 0.6 is 11.6 Å². The number of fused-ring (bicyclic) bond motifs is 1. The predicted molar refractivity (Wildman–Crippen MR) is 89.6 cm³/mol. The van der Waals surface area contributed by atoms with E-state index in [0.29, 0.717) is 10.9 Å². The quantitative estimate of drug-likeness (QED) is 0.692. The molecule has 0 N–H and O–H groups in total. The van der Waals surface area contributed by atoms with Crippen LogP contribution in [0.25, 0.3) is 5.65 Å². The third kappa shape index (κ3) is 3.39. The molecule has 0 aliphatic carbocycles. The van der Waals surface area contributed by atoms with Crippen LogP contribution in [-0.2, 0) is 0 Å². The van der Waals surface area contributed by atoms with Crippen LogP contribution < -0.4 is 4.74 Å². The van der Waals surface area contributed by atoms with Crippen LogP contribution in [0.1, 0.15) is 38.3 Å². The molecular weight excluding hydrogens is 298 g/mol. The van der Waals surface area contributed by atoms with Crippen molar-refractivity contribution in [2.75, 3.05) is 0 Å². The Morgan fingerprint density at radius 1 is 1.18 bits per heavy atom. The van der Waals surface area contributed by atoms with E-state index in [1.165, 1.54) is 0 Å². The van der Waals surface area contributed by atoms with Gasteiger partial charge in [-0.15, -0.1) is 0 Å². The summed E-state index contributed by atoms with van der Waals surface area (Å²) < 4.78 is 7.95. The second-order valence-corrected chi connectivity index (χ2v) is 5.06. The topological polar surface area (TPSA) is 39.4 Å². The number of rotatable bonds is 3. The van der Waals surface area contributed by atoms with Crippen molar-refractivity contribution in [3.8, 4) is 5.88 Å². The number of hydrogen-bond donors (Lipinski definition) is 0. The van der Waals surface area contributed by atoms with Crippen LogP contribution in [-0.4, -0.2) is 14.4 Å². The van der Waals surface area contributed by atoms with Crippen molar-refractivity contribution in [3.05, 3.63) is 59.1 Å². The summed E-state index contributed by atoms with van der Waals surface area (Å²) in [5.41, 5.74) is 2.65. The zero-order valence-electron chi connectivity index (χ0n) is 13.2. The first kappa shape index (κ1) is 16.3. The summed E-state index contributed by atoms with van der Waals surface area (Å²) in [5.74, 6) is 0.667. The van der Waals surface area contributed by atoms with E-state index in [1.807, 2.05) is 56.4 Å². The van der Waals surface area contributed by atoms with E-state index in [4.69, 9.17) is 16.3 Å². The number of pyridine rings is 2. The minimum absolute atomic E-state index is 0.167. The molecular formula is C17H20ClN3O. The standard InChI is InChI=1S/C15H14ClN3O.C2H6/c1-10-9-18-14-7-12(16)8-15(19(10)14)20-11(2)13-5-3-4-6-17-13;1-2/h3-9,11H,1-2H3;1-2H3. The molecule has 0 radical (unpaired) electrons. The molecule has 4 nitrogen and oxygen atoms in total. The number of imidazole rings is 1. The highest BCUT2D eigenvalue weighted by atomic mass is 35.5. The average molecular weight is 318 g/mol. The monoisotopic (exact) mass is 317 g/mol. The molecule has 0 amide bonds. The molecule has 22 heavy (non-hydrogen) atoms. The van der Waals surface area contributed by atoms with Gasteiger partial charge >= 0.3 is 0 Å². The van der Waals surface area contributed by atoms with Crippen molar-refractivity contribution >= 4 is 17.2 Å². The molecule has 1 atom stereocenters. The maximum Gasteiger partial charge on any atom is 0.201 e. The minimum atomic E-state index is -0.167. The van der Waals surface area contributed by atoms with Gasteiger partial charge in [-0.25, -0.2) is 4.98 Å². The van der Waals surface area contributed by atoms with Crippen LogP contribution in [0.3, 0.4) is 0 Å². The van der Waals surface area contributed by atoms with E-state index >= 15 is 0 Å². The zero-order valence-corrected chi connectivity index (χ0v) is 14.0. The number of ether oxygens (including phenoxy) is 1. The van der Waals surface area contributed by atoms with Gasteiger partial charge in [0, 0.05) is 35.2 Å². The molecule has 5 heteroatoms. The van der Waals surface area contributed by atoms with Crippen molar-refractivity contribution in [2.45, 2.75) is 33.8 Å². The molecule has 0 saturated carbocycles. The third-order valence-electron chi connectivity index (χ3n) is 3.12. The van der Waals surface area contributed by atoms with Crippen molar-refractivity contribution < 1.29 is 4.74 Å². The van der Waals surface area contributed by atoms with Gasteiger partial charge in [-0.1, -0.05) is 31.5 Å². The molecule has 116 valence electrons. The van der Waals surface area contributed by atoms with Crippen LogP contribution in [0.15, 0.2) is 42.7 Å². The summed E-state index contributed by atoms with van der Waals surface area (Å²) in [6.45, 7) is 7.94. The van der Waals surface area contributed by atoms with Gasteiger partial charge < -0.3 is 4.74 Å². The molecule has 0 aliphatic heterocycles. The molecule has 0 spiro atoms. The molecule has 3 heterocycles. The Morgan fingerprint density at radius 3 is 2.64 bits per heavy atom. The molecule has 3 rings (SSSR count). The van der Waals surface area contributed by atoms with E-state index in [1.54, 1.807) is 18.5 Å². The summed E-state index contributed by atoms with van der Waals surface area (Å²) in [7, 11) is 0. The second-order valence-electron chi connectivity index (χ2n) is 4.62. The van der Waals surface area contributed by atoms with Gasteiger partial charge in [-0.2, -0.15) is 0 Å². The molecule has 3 aromatic heterocycles. The van der Waals surface area contributed by atoms with Crippen LogP contribution in [0.5, 0.6) is 5.88 Å². The normalized spacial score (nSPS) is 11.7. The Kier molecular flexibility index (Phi) is 5.39. The molecule has 0 fully saturated rings. The highest BCUT2D eigenvalue weighted by molar-refractivity contribution is 6.31. The number of aryl methyl sites for hydroxylation is 1. The Morgan fingerprint density at radius 2 is 1.95 bits per heavy atom. The molecule has 0 saturated heterocycles. The third-order valence-corrected chi connectivity index (χ3v) is 3.33. The fraction of sp³-hybridized carbons (Fsp3) is 0.294. The van der Waals surface area contributed by atoms with Crippen molar-refractivity contribution in [3.63, 3.8) is 0 Å². The second kappa shape index (κ2) is 7.27. The first-order valence-corrected chi connectivity index (χ1v) is 7.74. The molecule has 0 aliphatic rings. The summed E-state index contributed by atoms with van der Waals surface area (Å²) in [6.07, 6.45) is 3.38. The minimum Gasteiger partial charge on any atom is -0.469 e. The lowest BCUT2D eigenvalue weighted by Gasteiger charge is -2.16. The number of halogens is 1. The fourth-order valence-electron chi connectivity index (χ4n) is 2.14. The van der Waals surface area contributed by atoms with Crippen molar-refractivity contribution in [2.24, 2.45) is 0 Å². The summed E-state index contributed by atoms with van der Waals surface area (Å²) >= 11 is 6.11. The van der Waals surface area contributed by atoms with E-state index in [2.05, 4.69) is 9.97 Å². The van der Waals surface area contributed by atoms with Gasteiger partial charge in [0.25, 0.3) is 0 Å². The lowest BCUT2D eigenvalue weighted by atomic mass is 10.2. The summed E-state index contributed by atoms with van der Waals surface area (Å²) in [5, 5.41) is 0.603. The Bertz CT molecular complexity index is 740. The van der Waals surface area contributed by atoms with Gasteiger partial charge in [0.2, 0.25) is 5.88 Å². The zero-order chi connectivity index (χ0) is 16.1. The largest absolute Gasteiger partial charge is 0.469 e. The molecule has 1 unspecified atom stereocenters. The number of aromatic nitrogens is 3. The van der Waals surface area contributed by atoms with Gasteiger partial charge in [-0.3, -0.25) is 9.38 Å². The number of nitrogens with zero attached hydrogens (tertiary/aromatic N) is 3. The molecule has 0 bridgehead atoms. The predicted octanol–water partition coefficient (Wildman–Crippen LogP) is 4.86. The van der Waals surface area contributed by atoms with E-state index in [9.17, 15) is 0 Å². The van der Waals surface area contributed by atoms with Crippen LogP contribution in [0.4, 0.5) is 0 Å². The Hall–Kier alpha value is -2.07. The number of hydrogen-bond acceptors (Lipinski definition) is 3. The SMILES string of the molecule is CC.Cc1cnc2cc(Cl)cc(OC(C)c3ccccn3)n12. The van der Waals surface area contributed by atoms with Crippen LogP contribution in [0.2, 0.25) is 5.02 Å². The maximum absolute atomic E-state index is 6.11. The van der Waals surface area contributed by atoms with Gasteiger partial charge in [0.15, 0.2) is 0 Å². The Balaban J connectivity index is 0.000000847. The fourth-order valence-corrected chi connectivity index (χ4v) is 2.33. The molecule has 0 aromatic carbocycles. The smallest absolute Gasteiger partial charge is 0.201 e. The summed E-state index contributed by atoms with van der Waals surface area (Å²) in [6, 6.07) is 9.37.